The molecule has 0 fully saturated rings. The summed E-state index contributed by atoms with van der Waals surface area (Å²) < 4.78 is 32.0. The van der Waals surface area contributed by atoms with E-state index in [0.29, 0.717) is 22.0 Å². The molecule has 0 saturated carbocycles. The summed E-state index contributed by atoms with van der Waals surface area (Å²) in [5, 5.41) is 6.59. The summed E-state index contributed by atoms with van der Waals surface area (Å²) in [6, 6.07) is 8.10. The number of rotatable bonds is 6. The summed E-state index contributed by atoms with van der Waals surface area (Å²) in [5.41, 5.74) is 1.69. The lowest BCUT2D eigenvalue weighted by molar-refractivity contribution is 0.324. The summed E-state index contributed by atoms with van der Waals surface area (Å²) in [4.78, 5) is 4.87. The molecule has 3 rings (SSSR count). The molecule has 0 radical (unpaired) electrons. The van der Waals surface area contributed by atoms with Crippen LogP contribution in [-0.2, 0) is 0 Å². The minimum absolute atomic E-state index is 0.200. The average Bonchev–Trinajstić information content (AvgIpc) is 3.15. The standard InChI is InChI=1S/C20H19ClFN3O3S/c1-23-20-25(24-10-13-14(21)6-5-7-15(13)22)16(11-29-20)12-8-17(26-2)19(28-4)18(9-12)27-3/h5-11H,1-4H3. The van der Waals surface area contributed by atoms with E-state index in [1.54, 1.807) is 45.2 Å². The Morgan fingerprint density at radius 2 is 1.79 bits per heavy atom. The molecular weight excluding hydrogens is 417 g/mol. The fourth-order valence-corrected chi connectivity index (χ4v) is 3.75. The summed E-state index contributed by atoms with van der Waals surface area (Å²) in [5.74, 6) is 1.05. The Morgan fingerprint density at radius 3 is 2.34 bits per heavy atom. The molecule has 0 spiro atoms. The van der Waals surface area contributed by atoms with E-state index in [1.165, 1.54) is 23.6 Å². The molecule has 0 aliphatic rings. The Bertz CT molecular complexity index is 1080. The van der Waals surface area contributed by atoms with Crippen molar-refractivity contribution in [2.45, 2.75) is 0 Å². The molecule has 29 heavy (non-hydrogen) atoms. The molecule has 9 heteroatoms. The summed E-state index contributed by atoms with van der Waals surface area (Å²) >= 11 is 7.50. The van der Waals surface area contributed by atoms with Crippen molar-refractivity contribution in [2.75, 3.05) is 28.4 Å². The monoisotopic (exact) mass is 435 g/mol. The van der Waals surface area contributed by atoms with Gasteiger partial charge in [0.25, 0.3) is 0 Å². The number of nitrogens with zero attached hydrogens (tertiary/aromatic N) is 3. The van der Waals surface area contributed by atoms with Gasteiger partial charge in [-0.1, -0.05) is 17.7 Å². The van der Waals surface area contributed by atoms with E-state index in [1.807, 2.05) is 17.5 Å². The lowest BCUT2D eigenvalue weighted by Gasteiger charge is -2.14. The van der Waals surface area contributed by atoms with Gasteiger partial charge in [-0.15, -0.1) is 11.3 Å². The number of thiazole rings is 1. The highest BCUT2D eigenvalue weighted by molar-refractivity contribution is 7.07. The van der Waals surface area contributed by atoms with Gasteiger partial charge in [0.05, 0.1) is 38.3 Å². The van der Waals surface area contributed by atoms with Crippen LogP contribution < -0.4 is 19.0 Å². The summed E-state index contributed by atoms with van der Waals surface area (Å²) in [6.07, 6.45) is 1.38. The van der Waals surface area contributed by atoms with Gasteiger partial charge in [-0.2, -0.15) is 5.10 Å². The van der Waals surface area contributed by atoms with E-state index in [0.717, 1.165) is 11.3 Å². The van der Waals surface area contributed by atoms with E-state index in [2.05, 4.69) is 10.1 Å². The molecule has 152 valence electrons. The Kier molecular flexibility index (Phi) is 6.56. The van der Waals surface area contributed by atoms with Crippen molar-refractivity contribution in [3.63, 3.8) is 0 Å². The maximum absolute atomic E-state index is 14.1. The largest absolute Gasteiger partial charge is 0.493 e. The number of aromatic nitrogens is 1. The highest BCUT2D eigenvalue weighted by Gasteiger charge is 2.17. The number of benzene rings is 2. The third-order valence-corrected chi connectivity index (χ3v) is 5.38. The van der Waals surface area contributed by atoms with Gasteiger partial charge in [-0.3, -0.25) is 4.99 Å². The van der Waals surface area contributed by atoms with Gasteiger partial charge >= 0.3 is 0 Å². The first-order chi connectivity index (χ1) is 14.0. The maximum atomic E-state index is 14.1. The van der Waals surface area contributed by atoms with Crippen LogP contribution in [0.5, 0.6) is 17.2 Å². The first-order valence-corrected chi connectivity index (χ1v) is 9.71. The molecular formula is C20H19ClFN3O3S. The second kappa shape index (κ2) is 9.11. The van der Waals surface area contributed by atoms with E-state index in [4.69, 9.17) is 25.8 Å². The Balaban J connectivity index is 2.17. The average molecular weight is 436 g/mol. The van der Waals surface area contributed by atoms with Crippen LogP contribution in [0, 0.1) is 5.82 Å². The summed E-state index contributed by atoms with van der Waals surface area (Å²) in [7, 11) is 6.30. The highest BCUT2D eigenvalue weighted by atomic mass is 35.5. The molecule has 0 saturated heterocycles. The number of halogens is 2. The molecule has 0 atom stereocenters. The SMILES string of the molecule is CN=c1scc(-c2cc(OC)c(OC)c(OC)c2)n1N=Cc1c(F)cccc1Cl. The molecule has 1 heterocycles. The van der Waals surface area contributed by atoms with Crippen LogP contribution in [0.15, 0.2) is 45.8 Å². The first kappa shape index (κ1) is 20.9. The number of methoxy groups -OCH3 is 3. The fourth-order valence-electron chi connectivity index (χ4n) is 2.74. The van der Waals surface area contributed by atoms with E-state index < -0.39 is 5.82 Å². The molecule has 0 bridgehead atoms. The molecule has 0 N–H and O–H groups in total. The van der Waals surface area contributed by atoms with Crippen molar-refractivity contribution >= 4 is 29.2 Å². The predicted molar refractivity (Wildman–Crippen MR) is 113 cm³/mol. The quantitative estimate of drug-likeness (QED) is 0.537. The van der Waals surface area contributed by atoms with Gasteiger partial charge in [0.1, 0.15) is 5.82 Å². The van der Waals surface area contributed by atoms with Crippen LogP contribution in [0.4, 0.5) is 4.39 Å². The van der Waals surface area contributed by atoms with Crippen LogP contribution in [0.25, 0.3) is 11.3 Å². The molecule has 0 amide bonds. The third-order valence-electron chi connectivity index (χ3n) is 4.14. The zero-order valence-electron chi connectivity index (χ0n) is 16.3. The van der Waals surface area contributed by atoms with E-state index >= 15 is 0 Å². The Labute approximate surface area is 176 Å². The van der Waals surface area contributed by atoms with Crippen molar-refractivity contribution in [3.8, 4) is 28.5 Å². The van der Waals surface area contributed by atoms with Gasteiger partial charge in [0, 0.05) is 23.6 Å². The van der Waals surface area contributed by atoms with Gasteiger partial charge in [0.2, 0.25) is 10.6 Å². The van der Waals surface area contributed by atoms with E-state index in [-0.39, 0.29) is 10.6 Å². The van der Waals surface area contributed by atoms with Gasteiger partial charge in [0.15, 0.2) is 11.5 Å². The normalized spacial score (nSPS) is 11.9. The molecule has 2 aromatic carbocycles. The smallest absolute Gasteiger partial charge is 0.205 e. The first-order valence-electron chi connectivity index (χ1n) is 8.46. The van der Waals surface area contributed by atoms with Crippen molar-refractivity contribution in [3.05, 3.63) is 56.9 Å². The Hall–Kier alpha value is -2.84. The minimum Gasteiger partial charge on any atom is -0.493 e. The number of hydrogen-bond acceptors (Lipinski definition) is 6. The zero-order chi connectivity index (χ0) is 21.0. The minimum atomic E-state index is -0.457. The molecule has 0 aliphatic heterocycles. The van der Waals surface area contributed by atoms with Gasteiger partial charge in [-0.05, 0) is 24.3 Å². The van der Waals surface area contributed by atoms with Crippen LogP contribution in [0.3, 0.4) is 0 Å². The molecule has 1 aromatic heterocycles. The van der Waals surface area contributed by atoms with Crippen molar-refractivity contribution in [2.24, 2.45) is 10.1 Å². The van der Waals surface area contributed by atoms with Crippen molar-refractivity contribution in [1.82, 2.24) is 4.68 Å². The van der Waals surface area contributed by atoms with Crippen LogP contribution >= 0.6 is 22.9 Å². The molecule has 3 aromatic rings. The molecule has 0 unspecified atom stereocenters. The highest BCUT2D eigenvalue weighted by Crippen LogP contribution is 2.41. The molecule has 0 aliphatic carbocycles. The Morgan fingerprint density at radius 1 is 1.10 bits per heavy atom. The van der Waals surface area contributed by atoms with E-state index in [9.17, 15) is 4.39 Å². The second-order valence-electron chi connectivity index (χ2n) is 5.73. The lowest BCUT2D eigenvalue weighted by Crippen LogP contribution is -2.12. The van der Waals surface area contributed by atoms with Crippen LogP contribution in [-0.4, -0.2) is 39.3 Å². The fraction of sp³-hybridized carbons (Fsp3) is 0.200. The lowest BCUT2D eigenvalue weighted by atomic mass is 10.1. The summed E-state index contributed by atoms with van der Waals surface area (Å²) in [6.45, 7) is 0. The zero-order valence-corrected chi connectivity index (χ0v) is 17.8. The number of ether oxygens (including phenoxy) is 3. The maximum Gasteiger partial charge on any atom is 0.205 e. The van der Waals surface area contributed by atoms with Crippen molar-refractivity contribution in [1.29, 1.82) is 0 Å². The van der Waals surface area contributed by atoms with Gasteiger partial charge in [-0.25, -0.2) is 9.07 Å². The third kappa shape index (κ3) is 4.13. The van der Waals surface area contributed by atoms with Crippen LogP contribution in [0.2, 0.25) is 5.02 Å². The topological polar surface area (TPSA) is 57.3 Å². The predicted octanol–water partition coefficient (Wildman–Crippen LogP) is 4.45. The van der Waals surface area contributed by atoms with Gasteiger partial charge < -0.3 is 14.2 Å². The number of hydrogen-bond donors (Lipinski definition) is 0. The second-order valence-corrected chi connectivity index (χ2v) is 6.98. The molecule has 6 nitrogen and oxygen atoms in total. The van der Waals surface area contributed by atoms with Crippen molar-refractivity contribution < 1.29 is 18.6 Å². The van der Waals surface area contributed by atoms with Crippen LogP contribution in [0.1, 0.15) is 5.56 Å².